The first-order chi connectivity index (χ1) is 6.88. The molecular formula is C14H21N. The molecule has 0 bridgehead atoms. The molecule has 0 aliphatic heterocycles. The van der Waals surface area contributed by atoms with E-state index in [1.165, 1.54) is 5.56 Å². The van der Waals surface area contributed by atoms with Crippen LogP contribution in [-0.4, -0.2) is 4.98 Å². The Hall–Kier alpha value is -1.11. The van der Waals surface area contributed by atoms with Gasteiger partial charge in [0.05, 0.1) is 0 Å². The van der Waals surface area contributed by atoms with Crippen molar-refractivity contribution in [3.05, 3.63) is 35.7 Å². The predicted molar refractivity (Wildman–Crippen MR) is 66.8 cm³/mol. The second-order valence-corrected chi connectivity index (χ2v) is 5.37. The molecule has 0 aliphatic rings. The Bertz CT molecular complexity index is 343. The van der Waals surface area contributed by atoms with Crippen LogP contribution in [-0.2, 0) is 0 Å². The van der Waals surface area contributed by atoms with Gasteiger partial charge < -0.3 is 0 Å². The summed E-state index contributed by atoms with van der Waals surface area (Å²) in [6, 6.07) is 4.21. The monoisotopic (exact) mass is 203 g/mol. The van der Waals surface area contributed by atoms with Gasteiger partial charge in [-0.25, -0.2) is 0 Å². The summed E-state index contributed by atoms with van der Waals surface area (Å²) in [5.41, 5.74) is 2.64. The zero-order valence-electron chi connectivity index (χ0n) is 10.4. The normalized spacial score (nSPS) is 12.7. The van der Waals surface area contributed by atoms with Crippen LogP contribution >= 0.6 is 0 Å². The van der Waals surface area contributed by atoms with Gasteiger partial charge in [-0.1, -0.05) is 46.8 Å². The fraction of sp³-hybridized carbons (Fsp3) is 0.500. The molecule has 1 nitrogen and oxygen atoms in total. The predicted octanol–water partition coefficient (Wildman–Crippen LogP) is 4.26. The summed E-state index contributed by atoms with van der Waals surface area (Å²) in [6.45, 7) is 10.9. The van der Waals surface area contributed by atoms with Crippen molar-refractivity contribution in [1.29, 1.82) is 0 Å². The number of rotatable bonds is 2. The van der Waals surface area contributed by atoms with Gasteiger partial charge >= 0.3 is 0 Å². The lowest BCUT2D eigenvalue weighted by molar-refractivity contribution is 0.547. The maximum atomic E-state index is 4.35. The third-order valence-corrected chi connectivity index (χ3v) is 2.17. The summed E-state index contributed by atoms with van der Waals surface area (Å²) in [4.78, 5) is 4.35. The minimum atomic E-state index is 0.237. The summed E-state index contributed by atoms with van der Waals surface area (Å²) in [5, 5.41) is 0. The molecule has 82 valence electrons. The first-order valence-corrected chi connectivity index (χ1v) is 5.54. The van der Waals surface area contributed by atoms with Crippen molar-refractivity contribution in [2.24, 2.45) is 5.41 Å². The van der Waals surface area contributed by atoms with Gasteiger partial charge in [0.25, 0.3) is 0 Å². The maximum Gasteiger partial charge on any atom is 0.0434 e. The van der Waals surface area contributed by atoms with Crippen molar-refractivity contribution in [3.63, 3.8) is 0 Å². The van der Waals surface area contributed by atoms with E-state index in [9.17, 15) is 0 Å². The number of allylic oxidation sites excluding steroid dienone is 1. The third kappa shape index (κ3) is 4.28. The smallest absolute Gasteiger partial charge is 0.0434 e. The minimum Gasteiger partial charge on any atom is -0.261 e. The molecule has 1 heterocycles. The summed E-state index contributed by atoms with van der Waals surface area (Å²) >= 11 is 0. The quantitative estimate of drug-likeness (QED) is 0.699. The van der Waals surface area contributed by atoms with E-state index < -0.39 is 0 Å². The molecule has 0 radical (unpaired) electrons. The molecule has 0 fully saturated rings. The van der Waals surface area contributed by atoms with Gasteiger partial charge in [-0.3, -0.25) is 4.98 Å². The summed E-state index contributed by atoms with van der Waals surface area (Å²) in [7, 11) is 0. The van der Waals surface area contributed by atoms with Gasteiger partial charge in [0.1, 0.15) is 0 Å². The van der Waals surface area contributed by atoms with Crippen LogP contribution in [0.2, 0.25) is 0 Å². The SMILES string of the molecule is CC(C)c1cc(/C=C/C(C)(C)C)ccn1. The number of nitrogens with zero attached hydrogens (tertiary/aromatic N) is 1. The van der Waals surface area contributed by atoms with E-state index >= 15 is 0 Å². The Labute approximate surface area is 93.2 Å². The van der Waals surface area contributed by atoms with Crippen LogP contribution in [0.4, 0.5) is 0 Å². The van der Waals surface area contributed by atoms with Crippen molar-refractivity contribution >= 4 is 6.08 Å². The fourth-order valence-corrected chi connectivity index (χ4v) is 1.23. The highest BCUT2D eigenvalue weighted by Crippen LogP contribution is 2.18. The molecule has 1 heteroatoms. The lowest BCUT2D eigenvalue weighted by atomic mass is 9.95. The molecule has 0 N–H and O–H groups in total. The molecule has 0 spiro atoms. The van der Waals surface area contributed by atoms with Crippen LogP contribution in [0.1, 0.15) is 51.8 Å². The summed E-state index contributed by atoms with van der Waals surface area (Å²) in [6.07, 6.45) is 6.29. The van der Waals surface area contributed by atoms with E-state index in [4.69, 9.17) is 0 Å². The lowest BCUT2D eigenvalue weighted by Crippen LogP contribution is -1.98. The van der Waals surface area contributed by atoms with E-state index in [1.54, 1.807) is 0 Å². The molecule has 15 heavy (non-hydrogen) atoms. The Morgan fingerprint density at radius 3 is 2.47 bits per heavy atom. The van der Waals surface area contributed by atoms with Crippen LogP contribution in [0, 0.1) is 5.41 Å². The highest BCUT2D eigenvalue weighted by molar-refractivity contribution is 5.50. The highest BCUT2D eigenvalue weighted by Gasteiger charge is 2.04. The minimum absolute atomic E-state index is 0.237. The van der Waals surface area contributed by atoms with Crippen LogP contribution in [0.5, 0.6) is 0 Å². The first-order valence-electron chi connectivity index (χ1n) is 5.54. The summed E-state index contributed by atoms with van der Waals surface area (Å²) < 4.78 is 0. The topological polar surface area (TPSA) is 12.9 Å². The van der Waals surface area contributed by atoms with Gasteiger partial charge in [0.15, 0.2) is 0 Å². The van der Waals surface area contributed by atoms with Crippen molar-refractivity contribution in [1.82, 2.24) is 4.98 Å². The molecule has 0 amide bonds. The molecule has 1 rings (SSSR count). The van der Waals surface area contributed by atoms with E-state index in [0.717, 1.165) is 5.69 Å². The molecule has 0 saturated heterocycles. The second kappa shape index (κ2) is 4.61. The van der Waals surface area contributed by atoms with Gasteiger partial charge in [0.2, 0.25) is 0 Å². The Balaban J connectivity index is 2.87. The number of hydrogen-bond donors (Lipinski definition) is 0. The Morgan fingerprint density at radius 2 is 1.93 bits per heavy atom. The van der Waals surface area contributed by atoms with E-state index in [1.807, 2.05) is 12.3 Å². The maximum absolute atomic E-state index is 4.35. The van der Waals surface area contributed by atoms with Gasteiger partial charge in [-0.15, -0.1) is 0 Å². The molecule has 0 aromatic carbocycles. The standard InChI is InChI=1S/C14H21N/c1-11(2)13-10-12(7-9-15-13)6-8-14(3,4)5/h6-11H,1-5H3/b8-6+. The van der Waals surface area contributed by atoms with Crippen molar-refractivity contribution in [2.45, 2.75) is 40.5 Å². The van der Waals surface area contributed by atoms with Crippen LogP contribution in [0.3, 0.4) is 0 Å². The van der Waals surface area contributed by atoms with Crippen LogP contribution in [0.15, 0.2) is 24.4 Å². The number of aromatic nitrogens is 1. The summed E-state index contributed by atoms with van der Waals surface area (Å²) in [5.74, 6) is 0.494. The lowest BCUT2D eigenvalue weighted by Gasteiger charge is -2.11. The van der Waals surface area contributed by atoms with Gasteiger partial charge in [0, 0.05) is 11.9 Å². The Kier molecular flexibility index (Phi) is 3.67. The molecule has 0 saturated carbocycles. The second-order valence-electron chi connectivity index (χ2n) is 5.37. The number of hydrogen-bond acceptors (Lipinski definition) is 1. The largest absolute Gasteiger partial charge is 0.261 e. The first kappa shape index (κ1) is 12.0. The van der Waals surface area contributed by atoms with Gasteiger partial charge in [-0.05, 0) is 29.0 Å². The van der Waals surface area contributed by atoms with Crippen molar-refractivity contribution in [3.8, 4) is 0 Å². The van der Waals surface area contributed by atoms with Crippen LogP contribution < -0.4 is 0 Å². The van der Waals surface area contributed by atoms with E-state index in [0.29, 0.717) is 5.92 Å². The highest BCUT2D eigenvalue weighted by atomic mass is 14.7. The Morgan fingerprint density at radius 1 is 1.27 bits per heavy atom. The molecule has 0 unspecified atom stereocenters. The van der Waals surface area contributed by atoms with Crippen molar-refractivity contribution in [2.75, 3.05) is 0 Å². The molecule has 0 aliphatic carbocycles. The average molecular weight is 203 g/mol. The molecular weight excluding hydrogens is 182 g/mol. The molecule has 0 atom stereocenters. The third-order valence-electron chi connectivity index (χ3n) is 2.17. The number of pyridine rings is 1. The van der Waals surface area contributed by atoms with Crippen molar-refractivity contribution < 1.29 is 0 Å². The van der Waals surface area contributed by atoms with Crippen LogP contribution in [0.25, 0.3) is 6.08 Å². The van der Waals surface area contributed by atoms with E-state index in [-0.39, 0.29) is 5.41 Å². The molecule has 1 aromatic rings. The average Bonchev–Trinajstić information content (AvgIpc) is 2.14. The van der Waals surface area contributed by atoms with E-state index in [2.05, 4.69) is 57.8 Å². The molecule has 1 aromatic heterocycles. The fourth-order valence-electron chi connectivity index (χ4n) is 1.23. The zero-order chi connectivity index (χ0) is 11.5. The van der Waals surface area contributed by atoms with Gasteiger partial charge in [-0.2, -0.15) is 0 Å². The zero-order valence-corrected chi connectivity index (χ0v) is 10.4.